The molecule has 3 N–H and O–H groups in total. The van der Waals surface area contributed by atoms with E-state index in [-0.39, 0.29) is 18.4 Å². The van der Waals surface area contributed by atoms with E-state index in [4.69, 9.17) is 0 Å². The number of carbonyl (C=O) groups is 1. The topological polar surface area (TPSA) is 74.2 Å². The van der Waals surface area contributed by atoms with E-state index in [1.165, 1.54) is 11.5 Å². The molecule has 0 radical (unpaired) electrons. The number of carbonyl (C=O) groups excluding carboxylic acids is 1. The van der Waals surface area contributed by atoms with Crippen LogP contribution in [0.1, 0.15) is 43.2 Å². The van der Waals surface area contributed by atoms with Crippen molar-refractivity contribution in [2.24, 2.45) is 5.92 Å². The third-order valence-corrected chi connectivity index (χ3v) is 4.55. The second kappa shape index (κ2) is 6.34. The van der Waals surface area contributed by atoms with Gasteiger partial charge in [-0.1, -0.05) is 20.3 Å². The zero-order valence-corrected chi connectivity index (χ0v) is 13.0. The molecule has 19 heavy (non-hydrogen) atoms. The fourth-order valence-corrected chi connectivity index (χ4v) is 2.51. The van der Waals surface area contributed by atoms with Crippen LogP contribution in [-0.4, -0.2) is 34.6 Å². The summed E-state index contributed by atoms with van der Waals surface area (Å²) in [7, 11) is 1.76. The lowest BCUT2D eigenvalue weighted by Gasteiger charge is -2.29. The Bertz CT molecular complexity index is 443. The van der Waals surface area contributed by atoms with Crippen molar-refractivity contribution in [3.05, 3.63) is 11.3 Å². The zero-order valence-electron chi connectivity index (χ0n) is 12.2. The molecule has 1 aromatic rings. The highest BCUT2D eigenvalue weighted by Crippen LogP contribution is 2.24. The Hall–Kier alpha value is -1.14. The van der Waals surface area contributed by atoms with E-state index < -0.39 is 5.60 Å². The fourth-order valence-electron chi connectivity index (χ4n) is 1.77. The molecule has 0 spiro atoms. The van der Waals surface area contributed by atoms with Gasteiger partial charge in [-0.2, -0.15) is 4.37 Å². The molecule has 0 saturated heterocycles. The van der Waals surface area contributed by atoms with Gasteiger partial charge in [-0.25, -0.2) is 0 Å². The quantitative estimate of drug-likeness (QED) is 0.747. The molecule has 0 fully saturated rings. The van der Waals surface area contributed by atoms with Crippen molar-refractivity contribution < 1.29 is 9.90 Å². The zero-order chi connectivity index (χ0) is 14.6. The number of aryl methyl sites for hydroxylation is 1. The van der Waals surface area contributed by atoms with Gasteiger partial charge in [-0.05, 0) is 31.3 Å². The van der Waals surface area contributed by atoms with Gasteiger partial charge in [0.1, 0.15) is 5.00 Å². The number of anilines is 1. The predicted molar refractivity (Wildman–Crippen MR) is 78.8 cm³/mol. The molecule has 2 unspecified atom stereocenters. The normalized spacial score (nSPS) is 15.7. The van der Waals surface area contributed by atoms with E-state index in [1.54, 1.807) is 20.9 Å². The van der Waals surface area contributed by atoms with Crippen LogP contribution in [0.4, 0.5) is 5.00 Å². The molecule has 2 atom stereocenters. The molecule has 6 heteroatoms. The number of aromatic nitrogens is 1. The summed E-state index contributed by atoms with van der Waals surface area (Å²) < 4.78 is 4.16. The fraction of sp³-hybridized carbons (Fsp3) is 0.692. The van der Waals surface area contributed by atoms with Crippen molar-refractivity contribution in [3.8, 4) is 0 Å². The Balaban J connectivity index is 2.73. The third-order valence-electron chi connectivity index (χ3n) is 3.60. The average molecular weight is 285 g/mol. The molecule has 5 nitrogen and oxygen atoms in total. The number of hydrogen-bond donors (Lipinski definition) is 3. The van der Waals surface area contributed by atoms with Crippen molar-refractivity contribution in [3.63, 3.8) is 0 Å². The van der Waals surface area contributed by atoms with Crippen LogP contribution in [0.3, 0.4) is 0 Å². The lowest BCUT2D eigenvalue weighted by Crippen LogP contribution is -2.45. The van der Waals surface area contributed by atoms with E-state index in [9.17, 15) is 9.90 Å². The second-order valence-electron chi connectivity index (χ2n) is 5.07. The van der Waals surface area contributed by atoms with Crippen molar-refractivity contribution >= 4 is 22.4 Å². The molecule has 1 amide bonds. The maximum absolute atomic E-state index is 12.2. The third kappa shape index (κ3) is 3.67. The lowest BCUT2D eigenvalue weighted by atomic mass is 9.88. The minimum Gasteiger partial charge on any atom is -0.388 e. The molecular weight excluding hydrogens is 262 g/mol. The van der Waals surface area contributed by atoms with Crippen molar-refractivity contribution in [1.82, 2.24) is 9.69 Å². The van der Waals surface area contributed by atoms with Gasteiger partial charge in [0, 0.05) is 13.6 Å². The highest BCUT2D eigenvalue weighted by atomic mass is 32.1. The summed E-state index contributed by atoms with van der Waals surface area (Å²) >= 11 is 1.26. The van der Waals surface area contributed by atoms with E-state index in [2.05, 4.69) is 15.0 Å². The monoisotopic (exact) mass is 285 g/mol. The van der Waals surface area contributed by atoms with Crippen molar-refractivity contribution in [2.75, 3.05) is 18.9 Å². The first-order valence-electron chi connectivity index (χ1n) is 6.48. The van der Waals surface area contributed by atoms with Gasteiger partial charge in [-0.15, -0.1) is 0 Å². The Kier molecular flexibility index (Phi) is 5.31. The van der Waals surface area contributed by atoms with E-state index in [0.717, 1.165) is 11.4 Å². The molecule has 108 valence electrons. The van der Waals surface area contributed by atoms with Crippen molar-refractivity contribution in [1.29, 1.82) is 0 Å². The van der Waals surface area contributed by atoms with Crippen molar-refractivity contribution in [2.45, 2.75) is 39.7 Å². The van der Waals surface area contributed by atoms with Gasteiger partial charge in [0.25, 0.3) is 5.91 Å². The molecule has 0 saturated carbocycles. The lowest BCUT2D eigenvalue weighted by molar-refractivity contribution is 0.00592. The van der Waals surface area contributed by atoms with Crippen LogP contribution in [0.5, 0.6) is 0 Å². The summed E-state index contributed by atoms with van der Waals surface area (Å²) in [5, 5.41) is 16.8. The summed E-state index contributed by atoms with van der Waals surface area (Å²) in [4.78, 5) is 12.2. The molecule has 0 aromatic carbocycles. The number of nitrogens with zero attached hydrogens (tertiary/aromatic N) is 1. The smallest absolute Gasteiger partial charge is 0.256 e. The van der Waals surface area contributed by atoms with Gasteiger partial charge in [0.2, 0.25) is 0 Å². The van der Waals surface area contributed by atoms with Gasteiger partial charge in [0.05, 0.1) is 16.9 Å². The summed E-state index contributed by atoms with van der Waals surface area (Å²) in [6.07, 6.45) is 0.865. The number of nitrogens with one attached hydrogen (secondary N) is 2. The van der Waals surface area contributed by atoms with E-state index >= 15 is 0 Å². The van der Waals surface area contributed by atoms with Crippen LogP contribution < -0.4 is 10.6 Å². The molecule has 1 rings (SSSR count). The number of aliphatic hydroxyl groups is 1. The Morgan fingerprint density at radius 3 is 2.74 bits per heavy atom. The number of amides is 1. The van der Waals surface area contributed by atoms with Crippen LogP contribution in [-0.2, 0) is 0 Å². The minimum absolute atomic E-state index is 0.123. The Morgan fingerprint density at radius 1 is 1.58 bits per heavy atom. The van der Waals surface area contributed by atoms with Crippen LogP contribution in [0.2, 0.25) is 0 Å². The Labute approximate surface area is 118 Å². The van der Waals surface area contributed by atoms with Gasteiger partial charge >= 0.3 is 0 Å². The summed E-state index contributed by atoms with van der Waals surface area (Å²) in [5.74, 6) is -0.0718. The first kappa shape index (κ1) is 15.9. The van der Waals surface area contributed by atoms with Crippen LogP contribution in [0.25, 0.3) is 0 Å². The maximum atomic E-state index is 12.2. The second-order valence-corrected chi connectivity index (χ2v) is 5.84. The highest BCUT2D eigenvalue weighted by molar-refractivity contribution is 7.10. The average Bonchev–Trinajstić information content (AvgIpc) is 2.76. The standard InChI is InChI=1S/C13H23N3O2S/c1-6-8(2)13(4,18)7-15-11(17)10-9(3)16-19-12(10)14-5/h8,14,18H,6-7H2,1-5H3,(H,15,17). The SMILES string of the molecule is CCC(C)C(C)(O)CNC(=O)c1c(C)nsc1NC. The van der Waals surface area contributed by atoms with Gasteiger partial charge in [-0.3, -0.25) is 4.79 Å². The molecule has 0 aliphatic heterocycles. The Morgan fingerprint density at radius 2 is 2.21 bits per heavy atom. The van der Waals surface area contributed by atoms with E-state index in [1.807, 2.05) is 13.8 Å². The summed E-state index contributed by atoms with van der Waals surface area (Å²) in [6.45, 7) is 7.78. The van der Waals surface area contributed by atoms with Gasteiger partial charge < -0.3 is 15.7 Å². The summed E-state index contributed by atoms with van der Waals surface area (Å²) in [5.41, 5.74) is 0.365. The van der Waals surface area contributed by atoms with E-state index in [0.29, 0.717) is 11.3 Å². The number of hydrogen-bond acceptors (Lipinski definition) is 5. The largest absolute Gasteiger partial charge is 0.388 e. The first-order chi connectivity index (χ1) is 8.83. The highest BCUT2D eigenvalue weighted by Gasteiger charge is 2.28. The van der Waals surface area contributed by atoms with Crippen LogP contribution >= 0.6 is 11.5 Å². The molecule has 0 bridgehead atoms. The molecular formula is C13H23N3O2S. The van der Waals surface area contributed by atoms with Gasteiger partial charge in [0.15, 0.2) is 0 Å². The molecule has 0 aliphatic rings. The van der Waals surface area contributed by atoms with Crippen LogP contribution in [0.15, 0.2) is 0 Å². The molecule has 1 aromatic heterocycles. The first-order valence-corrected chi connectivity index (χ1v) is 7.25. The number of rotatable bonds is 6. The van der Waals surface area contributed by atoms with Crippen LogP contribution in [0, 0.1) is 12.8 Å². The molecule has 0 aliphatic carbocycles. The molecule has 1 heterocycles. The minimum atomic E-state index is -0.901. The predicted octanol–water partition coefficient (Wildman–Crippen LogP) is 2.02. The maximum Gasteiger partial charge on any atom is 0.256 e. The summed E-state index contributed by atoms with van der Waals surface area (Å²) in [6, 6.07) is 0.